The molecule has 0 heterocycles. The SMILES string of the molecule is COc1cccc(Oc2ccc(NC(=O)N(C)C)cc2Cl)c1. The Morgan fingerprint density at radius 3 is 2.50 bits per heavy atom. The van der Waals surface area contributed by atoms with E-state index in [-0.39, 0.29) is 6.03 Å². The predicted octanol–water partition coefficient (Wildman–Crippen LogP) is 4.23. The van der Waals surface area contributed by atoms with Crippen LogP contribution in [-0.4, -0.2) is 32.1 Å². The summed E-state index contributed by atoms with van der Waals surface area (Å²) in [6.45, 7) is 0. The highest BCUT2D eigenvalue weighted by Gasteiger charge is 2.08. The molecule has 6 heteroatoms. The number of benzene rings is 2. The summed E-state index contributed by atoms with van der Waals surface area (Å²) in [5, 5.41) is 3.12. The van der Waals surface area contributed by atoms with E-state index >= 15 is 0 Å². The molecular formula is C16H17ClN2O3. The quantitative estimate of drug-likeness (QED) is 0.917. The van der Waals surface area contributed by atoms with E-state index in [2.05, 4.69) is 5.32 Å². The maximum absolute atomic E-state index is 11.6. The molecule has 0 saturated carbocycles. The molecule has 116 valence electrons. The lowest BCUT2D eigenvalue weighted by Crippen LogP contribution is -2.27. The van der Waals surface area contributed by atoms with E-state index in [9.17, 15) is 4.79 Å². The van der Waals surface area contributed by atoms with Crippen molar-refractivity contribution in [1.29, 1.82) is 0 Å². The third-order valence-corrected chi connectivity index (χ3v) is 3.15. The van der Waals surface area contributed by atoms with Crippen LogP contribution in [0, 0.1) is 0 Å². The molecule has 1 N–H and O–H groups in total. The number of nitrogens with one attached hydrogen (secondary N) is 1. The first-order valence-electron chi connectivity index (χ1n) is 6.59. The van der Waals surface area contributed by atoms with Gasteiger partial charge in [0.2, 0.25) is 0 Å². The molecule has 0 unspecified atom stereocenters. The molecule has 2 aromatic rings. The van der Waals surface area contributed by atoms with Crippen LogP contribution in [0.15, 0.2) is 42.5 Å². The molecule has 0 fully saturated rings. The van der Waals surface area contributed by atoms with Gasteiger partial charge in [0.25, 0.3) is 0 Å². The molecular weight excluding hydrogens is 304 g/mol. The fraction of sp³-hybridized carbons (Fsp3) is 0.188. The number of methoxy groups -OCH3 is 1. The van der Waals surface area contributed by atoms with Gasteiger partial charge >= 0.3 is 6.03 Å². The Morgan fingerprint density at radius 2 is 1.86 bits per heavy atom. The number of hydrogen-bond acceptors (Lipinski definition) is 3. The Balaban J connectivity index is 2.14. The second kappa shape index (κ2) is 7.04. The van der Waals surface area contributed by atoms with E-state index in [1.54, 1.807) is 51.5 Å². The lowest BCUT2D eigenvalue weighted by Gasteiger charge is -2.13. The van der Waals surface area contributed by atoms with Crippen LogP contribution in [0.1, 0.15) is 0 Å². The largest absolute Gasteiger partial charge is 0.497 e. The van der Waals surface area contributed by atoms with Crippen LogP contribution < -0.4 is 14.8 Å². The second-order valence-corrected chi connectivity index (χ2v) is 5.16. The molecule has 0 aliphatic heterocycles. The molecule has 0 aliphatic carbocycles. The number of carbonyl (C=O) groups is 1. The maximum Gasteiger partial charge on any atom is 0.321 e. The number of anilines is 1. The first kappa shape index (κ1) is 16.0. The molecule has 0 bridgehead atoms. The Kier molecular flexibility index (Phi) is 5.12. The molecule has 0 radical (unpaired) electrons. The standard InChI is InChI=1S/C16H17ClN2O3/c1-19(2)16(20)18-11-7-8-15(14(17)9-11)22-13-6-4-5-12(10-13)21-3/h4-10H,1-3H3,(H,18,20). The van der Waals surface area contributed by atoms with E-state index in [0.717, 1.165) is 0 Å². The van der Waals surface area contributed by atoms with Crippen molar-refractivity contribution in [3.05, 3.63) is 47.5 Å². The summed E-state index contributed by atoms with van der Waals surface area (Å²) in [5.41, 5.74) is 0.599. The van der Waals surface area contributed by atoms with Crippen molar-refractivity contribution in [2.24, 2.45) is 0 Å². The van der Waals surface area contributed by atoms with Gasteiger partial charge in [-0.05, 0) is 30.3 Å². The number of amides is 2. The van der Waals surface area contributed by atoms with Gasteiger partial charge in [0.05, 0.1) is 12.1 Å². The van der Waals surface area contributed by atoms with Crippen LogP contribution in [-0.2, 0) is 0 Å². The average Bonchev–Trinajstić information content (AvgIpc) is 2.50. The van der Waals surface area contributed by atoms with Crippen molar-refractivity contribution in [3.63, 3.8) is 0 Å². The number of nitrogens with zero attached hydrogens (tertiary/aromatic N) is 1. The zero-order chi connectivity index (χ0) is 16.1. The molecule has 0 aromatic heterocycles. The van der Waals surface area contributed by atoms with Crippen molar-refractivity contribution in [1.82, 2.24) is 4.90 Å². The van der Waals surface area contributed by atoms with Crippen molar-refractivity contribution >= 4 is 23.3 Å². The van der Waals surface area contributed by atoms with E-state index in [4.69, 9.17) is 21.1 Å². The van der Waals surface area contributed by atoms with Gasteiger partial charge in [-0.2, -0.15) is 0 Å². The van der Waals surface area contributed by atoms with E-state index in [0.29, 0.717) is 28.0 Å². The summed E-state index contributed by atoms with van der Waals surface area (Å²) in [6, 6.07) is 12.1. The van der Waals surface area contributed by atoms with Crippen LogP contribution >= 0.6 is 11.6 Å². The molecule has 0 saturated heterocycles. The summed E-state index contributed by atoms with van der Waals surface area (Å²) >= 11 is 6.19. The van der Waals surface area contributed by atoms with Crippen LogP contribution in [0.3, 0.4) is 0 Å². The highest BCUT2D eigenvalue weighted by atomic mass is 35.5. The average molecular weight is 321 g/mol. The number of halogens is 1. The lowest BCUT2D eigenvalue weighted by atomic mass is 10.3. The molecule has 5 nitrogen and oxygen atoms in total. The van der Waals surface area contributed by atoms with Crippen molar-refractivity contribution < 1.29 is 14.3 Å². The van der Waals surface area contributed by atoms with Crippen molar-refractivity contribution in [3.8, 4) is 17.2 Å². The van der Waals surface area contributed by atoms with E-state index in [1.807, 2.05) is 12.1 Å². The third-order valence-electron chi connectivity index (χ3n) is 2.86. The van der Waals surface area contributed by atoms with Gasteiger partial charge in [0.15, 0.2) is 0 Å². The molecule has 0 aliphatic rings. The Labute approximate surface area is 134 Å². The monoisotopic (exact) mass is 320 g/mol. The van der Waals surface area contributed by atoms with Gasteiger partial charge in [-0.3, -0.25) is 0 Å². The number of rotatable bonds is 4. The second-order valence-electron chi connectivity index (χ2n) is 4.75. The molecule has 0 spiro atoms. The first-order valence-corrected chi connectivity index (χ1v) is 6.97. The first-order chi connectivity index (χ1) is 10.5. The predicted molar refractivity (Wildman–Crippen MR) is 87.2 cm³/mol. The molecule has 22 heavy (non-hydrogen) atoms. The minimum absolute atomic E-state index is 0.225. The summed E-state index contributed by atoms with van der Waals surface area (Å²) in [7, 11) is 4.92. The summed E-state index contributed by atoms with van der Waals surface area (Å²) < 4.78 is 10.9. The van der Waals surface area contributed by atoms with Crippen LogP contribution in [0.4, 0.5) is 10.5 Å². The third kappa shape index (κ3) is 4.05. The zero-order valence-corrected chi connectivity index (χ0v) is 13.3. The Morgan fingerprint density at radius 1 is 1.14 bits per heavy atom. The topological polar surface area (TPSA) is 50.8 Å². The van der Waals surface area contributed by atoms with Crippen LogP contribution in [0.5, 0.6) is 17.2 Å². The number of carbonyl (C=O) groups excluding carboxylic acids is 1. The number of hydrogen-bond donors (Lipinski definition) is 1. The summed E-state index contributed by atoms with van der Waals surface area (Å²) in [4.78, 5) is 13.0. The van der Waals surface area contributed by atoms with E-state index < -0.39 is 0 Å². The molecule has 2 rings (SSSR count). The lowest BCUT2D eigenvalue weighted by molar-refractivity contribution is 0.230. The van der Waals surface area contributed by atoms with Gasteiger partial charge in [-0.25, -0.2) is 4.79 Å². The van der Waals surface area contributed by atoms with Gasteiger partial charge < -0.3 is 19.7 Å². The fourth-order valence-electron chi connectivity index (χ4n) is 1.69. The molecule has 0 atom stereocenters. The van der Waals surface area contributed by atoms with Crippen LogP contribution in [0.25, 0.3) is 0 Å². The molecule has 2 amide bonds. The Bertz CT molecular complexity index is 674. The smallest absolute Gasteiger partial charge is 0.321 e. The molecule has 2 aromatic carbocycles. The number of urea groups is 1. The minimum Gasteiger partial charge on any atom is -0.497 e. The van der Waals surface area contributed by atoms with Crippen LogP contribution in [0.2, 0.25) is 5.02 Å². The van der Waals surface area contributed by atoms with Gasteiger partial charge in [0.1, 0.15) is 17.2 Å². The maximum atomic E-state index is 11.6. The fourth-order valence-corrected chi connectivity index (χ4v) is 1.91. The summed E-state index contributed by atoms with van der Waals surface area (Å²) in [5.74, 6) is 1.81. The van der Waals surface area contributed by atoms with Gasteiger partial charge in [-0.1, -0.05) is 17.7 Å². The van der Waals surface area contributed by atoms with Crippen molar-refractivity contribution in [2.75, 3.05) is 26.5 Å². The number of ether oxygens (including phenoxy) is 2. The van der Waals surface area contributed by atoms with E-state index in [1.165, 1.54) is 4.90 Å². The highest BCUT2D eigenvalue weighted by Crippen LogP contribution is 2.32. The highest BCUT2D eigenvalue weighted by molar-refractivity contribution is 6.32. The van der Waals surface area contributed by atoms with Gasteiger partial charge in [-0.15, -0.1) is 0 Å². The summed E-state index contributed by atoms with van der Waals surface area (Å²) in [6.07, 6.45) is 0. The van der Waals surface area contributed by atoms with Crippen molar-refractivity contribution in [2.45, 2.75) is 0 Å². The minimum atomic E-state index is -0.225. The zero-order valence-electron chi connectivity index (χ0n) is 12.6. The normalized spacial score (nSPS) is 10.0. The van der Waals surface area contributed by atoms with Gasteiger partial charge in [0, 0.05) is 25.8 Å². The Hall–Kier alpha value is -2.40.